The van der Waals surface area contributed by atoms with Gasteiger partial charge in [-0.1, -0.05) is 0 Å². The third kappa shape index (κ3) is 69700. The number of hydrogen-bond acceptors (Lipinski definition) is 18. The molecule has 0 aliphatic heterocycles. The van der Waals surface area contributed by atoms with Crippen LogP contribution in [-0.2, 0) is 75.7 Å². The van der Waals surface area contributed by atoms with E-state index < -0.39 is 41.6 Å². The van der Waals surface area contributed by atoms with Gasteiger partial charge in [-0.05, 0) is 6.92 Å². The molecule has 0 fully saturated rings. The number of hydrogen-bond donors (Lipinski definition) is 2. The van der Waals surface area contributed by atoms with Crippen LogP contribution in [0, 0.1) is 0 Å². The van der Waals surface area contributed by atoms with Crippen LogP contribution in [0.4, 0.5) is 0 Å². The molecule has 0 saturated carbocycles. The molecule has 0 amide bonds. The smallest absolute Gasteiger partial charge is 0.759 e. The van der Waals surface area contributed by atoms with E-state index in [9.17, 15) is 0 Å². The first-order valence-electron chi connectivity index (χ1n) is 3.91. The monoisotopic (exact) mass is 558 g/mol. The van der Waals surface area contributed by atoms with Crippen molar-refractivity contribution in [2.24, 2.45) is 11.5 Å². The van der Waals surface area contributed by atoms with E-state index in [1.54, 1.807) is 6.92 Å². The molecule has 24 heteroatoms. The largest absolute Gasteiger partial charge is 3.00 e. The molecule has 18 nitrogen and oxygen atoms in total. The van der Waals surface area contributed by atoms with Gasteiger partial charge in [0, 0.05) is 47.8 Å². The van der Waals surface area contributed by atoms with Gasteiger partial charge in [0.25, 0.3) is 0 Å². The summed E-state index contributed by atoms with van der Waals surface area (Å²) in [5.41, 5.74) is 9.78. The van der Waals surface area contributed by atoms with Gasteiger partial charge in [0.1, 0.15) is 0 Å². The maximum absolute atomic E-state index is 8.52. The van der Waals surface area contributed by atoms with E-state index in [-0.39, 0.29) is 43.2 Å². The second kappa shape index (κ2) is 20.2. The first kappa shape index (κ1) is 45.3. The van der Waals surface area contributed by atoms with Gasteiger partial charge in [-0.2, -0.15) is 0 Å². The van der Waals surface area contributed by atoms with Crippen LogP contribution in [0.5, 0.6) is 0 Å². The van der Waals surface area contributed by atoms with Crippen LogP contribution in [0.3, 0.4) is 0 Å². The normalized spacial score (nSPS) is 10.3. The maximum atomic E-state index is 8.52. The summed E-state index contributed by atoms with van der Waals surface area (Å²) >= 11 is 0. The zero-order valence-corrected chi connectivity index (χ0v) is 17.1. The Kier molecular flexibility index (Phi) is 35.1. The molecule has 0 unspecified atom stereocenters. The summed E-state index contributed by atoms with van der Waals surface area (Å²) < 4.78 is 136. The van der Waals surface area contributed by atoms with Gasteiger partial charge in [-0.25, -0.2) is 0 Å². The van der Waals surface area contributed by atoms with E-state index in [1.165, 1.54) is 0 Å². The van der Waals surface area contributed by atoms with Gasteiger partial charge in [0.2, 0.25) is 0 Å². The molecule has 0 aliphatic carbocycles. The summed E-state index contributed by atoms with van der Waals surface area (Å²) in [6.07, 6.45) is -0.167. The molecule has 0 aliphatic rings. The van der Waals surface area contributed by atoms with Crippen molar-refractivity contribution < 1.29 is 107 Å². The molecular formula is C2H10Fe2N2O16S4. The summed E-state index contributed by atoms with van der Waals surface area (Å²) in [5.74, 6) is 0. The topological polar surface area (TPSA) is 373 Å². The molecule has 0 heterocycles. The minimum absolute atomic E-state index is 0. The quantitative estimate of drug-likeness (QED) is 0.121. The molecule has 26 heavy (non-hydrogen) atoms. The zero-order chi connectivity index (χ0) is 21.6. The summed E-state index contributed by atoms with van der Waals surface area (Å²) in [7, 11) is -20.7. The van der Waals surface area contributed by atoms with E-state index in [0.717, 1.165) is 0 Å². The Hall–Kier alpha value is 0.439. The average Bonchev–Trinajstić information content (AvgIpc) is 1.82. The predicted molar refractivity (Wildman–Crippen MR) is 62.0 cm³/mol. The Labute approximate surface area is 172 Å². The van der Waals surface area contributed by atoms with E-state index in [0.29, 0.717) is 0 Å². The second-order valence-electron chi connectivity index (χ2n) is 2.49. The second-order valence-corrected chi connectivity index (χ2v) is 5.76. The van der Waals surface area contributed by atoms with Crippen LogP contribution >= 0.6 is 0 Å². The Morgan fingerprint density at radius 2 is 0.538 bits per heavy atom. The van der Waals surface area contributed by atoms with Crippen LogP contribution < -0.4 is 11.5 Å². The fourth-order valence-electron chi connectivity index (χ4n) is 0. The van der Waals surface area contributed by atoms with Crippen LogP contribution in [0.2, 0.25) is 0 Å². The first-order valence-corrected chi connectivity index (χ1v) is 9.24. The number of nitrogens with two attached hydrogens (primary N) is 2. The molecule has 0 spiro atoms. The summed E-state index contributed by atoms with van der Waals surface area (Å²) in [6, 6.07) is 0. The van der Waals surface area contributed by atoms with Crippen LogP contribution in [0.25, 0.3) is 0 Å². The summed E-state index contributed by atoms with van der Waals surface area (Å²) in [4.78, 5) is 0. The molecule has 4 N–H and O–H groups in total. The Balaban J connectivity index is -0.0000000223. The molecule has 0 aromatic carbocycles. The van der Waals surface area contributed by atoms with Gasteiger partial charge in [-0.3, -0.25) is 33.7 Å². The van der Waals surface area contributed by atoms with E-state index in [1.807, 2.05) is 0 Å². The van der Waals surface area contributed by atoms with E-state index in [4.69, 9.17) is 81.6 Å². The van der Waals surface area contributed by atoms with Crippen molar-refractivity contribution in [3.8, 4) is 0 Å². The predicted octanol–water partition coefficient (Wildman–Crippen LogP) is -5.88. The Morgan fingerprint density at radius 3 is 0.538 bits per heavy atom. The molecule has 0 rings (SSSR count). The fraction of sp³-hybridized carbons (Fsp3) is 1.00. The minimum atomic E-state index is -5.17. The van der Waals surface area contributed by atoms with Gasteiger partial charge in [0.05, 0.1) is 0 Å². The Bertz CT molecular complexity index is 547. The maximum Gasteiger partial charge on any atom is 3.00 e. The summed E-state index contributed by atoms with van der Waals surface area (Å²) in [6.45, 7) is 1.72. The Morgan fingerprint density at radius 1 is 0.538 bits per heavy atom. The van der Waals surface area contributed by atoms with Gasteiger partial charge < -0.3 is 47.9 Å². The minimum Gasteiger partial charge on any atom is -0.759 e. The number of rotatable bonds is 0. The molecular weight excluding hydrogens is 548 g/mol. The van der Waals surface area contributed by atoms with Gasteiger partial charge in [0.15, 0.2) is 0 Å². The average molecular weight is 558 g/mol. The third-order valence-corrected chi connectivity index (χ3v) is 0. The van der Waals surface area contributed by atoms with Crippen molar-refractivity contribution >= 4 is 41.6 Å². The van der Waals surface area contributed by atoms with Crippen molar-refractivity contribution in [2.45, 2.75) is 13.1 Å². The zero-order valence-electron chi connectivity index (χ0n) is 13.6. The van der Waals surface area contributed by atoms with Crippen molar-refractivity contribution in [1.29, 1.82) is 0 Å². The van der Waals surface area contributed by atoms with Crippen molar-refractivity contribution in [3.05, 3.63) is 0 Å². The molecule has 0 atom stereocenters. The van der Waals surface area contributed by atoms with Crippen molar-refractivity contribution in [3.63, 3.8) is 0 Å². The fourth-order valence-corrected chi connectivity index (χ4v) is 0. The summed E-state index contributed by atoms with van der Waals surface area (Å²) in [5, 5.41) is 0. The molecule has 0 bridgehead atoms. The van der Waals surface area contributed by atoms with E-state index >= 15 is 0 Å². The molecule has 0 aromatic heterocycles. The molecule has 164 valence electrons. The van der Waals surface area contributed by atoms with Crippen molar-refractivity contribution in [1.82, 2.24) is 0 Å². The molecule has 2 radical (unpaired) electrons. The van der Waals surface area contributed by atoms with Crippen LogP contribution in [-0.4, -0.2) is 76.3 Å². The van der Waals surface area contributed by atoms with Crippen LogP contribution in [0.1, 0.15) is 9.78 Å². The SMILES string of the molecule is CC(N)N.O=S(=O)([O-])[O-].O=S(=O)([O-])[O-].O=S(=O)([O-])[O-].O=S(=O)([O-])[O-].[Fe+3].[Fe+3].[H+].[H+]. The molecule has 0 saturated heterocycles. The molecule has 0 aromatic rings. The van der Waals surface area contributed by atoms with E-state index in [2.05, 4.69) is 0 Å². The van der Waals surface area contributed by atoms with Crippen LogP contribution in [0.15, 0.2) is 0 Å². The van der Waals surface area contributed by atoms with Gasteiger partial charge >= 0.3 is 37.0 Å². The first-order chi connectivity index (χ1) is 9.73. The van der Waals surface area contributed by atoms with Gasteiger partial charge in [-0.15, -0.1) is 0 Å². The standard InChI is InChI=1S/C2H8N2.2Fe.4H2O4S/c1-2(3)4;;;4*1-5(2,3)4/h2H,3-4H2,1H3;;;4*(H2,1,2,3,4)/q;2*+3;;;;/p-6. The van der Waals surface area contributed by atoms with Crippen molar-refractivity contribution in [2.75, 3.05) is 0 Å². The third-order valence-electron chi connectivity index (χ3n) is 0.